The molecule has 0 bridgehead atoms. The zero-order valence-corrected chi connectivity index (χ0v) is 13.0. The van der Waals surface area contributed by atoms with E-state index in [4.69, 9.17) is 4.74 Å². The smallest absolute Gasteiger partial charge is 0.329 e. The summed E-state index contributed by atoms with van der Waals surface area (Å²) in [6.45, 7) is 1.61. The summed E-state index contributed by atoms with van der Waals surface area (Å²) in [5.74, 6) is -2.45. The van der Waals surface area contributed by atoms with Crippen LogP contribution in [0.5, 0.6) is 0 Å². The lowest BCUT2D eigenvalue weighted by Crippen LogP contribution is -2.43. The highest BCUT2D eigenvalue weighted by Crippen LogP contribution is 2.27. The summed E-state index contributed by atoms with van der Waals surface area (Å²) in [6.07, 6.45) is -0.0212. The summed E-state index contributed by atoms with van der Waals surface area (Å²) in [5, 5.41) is 21.8. The highest BCUT2D eigenvalue weighted by atomic mass is 16.6. The quantitative estimate of drug-likeness (QED) is 0.332. The van der Waals surface area contributed by atoms with Crippen LogP contribution >= 0.6 is 0 Å². The molecule has 1 aromatic carbocycles. The standard InChI is InChI=1S/C14H13N3O8/c1-2-25-14(20)11-3-4-12(18)15(11)13(19)8-5-9(16(21)22)7-10(6-8)17(23)24/h5-7,11H,2-4H2,1H3. The molecule has 1 aliphatic rings. The van der Waals surface area contributed by atoms with Gasteiger partial charge in [-0.2, -0.15) is 0 Å². The van der Waals surface area contributed by atoms with E-state index in [1.54, 1.807) is 6.92 Å². The van der Waals surface area contributed by atoms with E-state index in [0.717, 1.165) is 12.1 Å². The van der Waals surface area contributed by atoms with Crippen molar-refractivity contribution in [3.8, 4) is 0 Å². The van der Waals surface area contributed by atoms with E-state index in [0.29, 0.717) is 11.0 Å². The number of imide groups is 1. The number of nitrogens with zero attached hydrogens (tertiary/aromatic N) is 3. The molecule has 0 spiro atoms. The number of esters is 1. The molecular formula is C14H13N3O8. The normalized spacial score (nSPS) is 16.6. The second-order valence-electron chi connectivity index (χ2n) is 5.13. The minimum Gasteiger partial charge on any atom is -0.464 e. The average Bonchev–Trinajstić information content (AvgIpc) is 2.95. The lowest BCUT2D eigenvalue weighted by Gasteiger charge is -2.21. The maximum absolute atomic E-state index is 12.6. The van der Waals surface area contributed by atoms with Crippen molar-refractivity contribution < 1.29 is 29.0 Å². The van der Waals surface area contributed by atoms with Gasteiger partial charge in [-0.05, 0) is 13.3 Å². The number of hydrogen-bond acceptors (Lipinski definition) is 8. The van der Waals surface area contributed by atoms with Crippen molar-refractivity contribution in [3.63, 3.8) is 0 Å². The van der Waals surface area contributed by atoms with Gasteiger partial charge in [-0.3, -0.25) is 34.7 Å². The largest absolute Gasteiger partial charge is 0.464 e. The van der Waals surface area contributed by atoms with E-state index in [2.05, 4.69) is 0 Å². The van der Waals surface area contributed by atoms with Gasteiger partial charge in [0.15, 0.2) is 0 Å². The lowest BCUT2D eigenvalue weighted by atomic mass is 10.1. The molecular weight excluding hydrogens is 338 g/mol. The van der Waals surface area contributed by atoms with Gasteiger partial charge in [-0.1, -0.05) is 0 Å². The summed E-state index contributed by atoms with van der Waals surface area (Å²) in [6, 6.07) is 1.19. The van der Waals surface area contributed by atoms with E-state index in [9.17, 15) is 34.6 Å². The Morgan fingerprint density at radius 1 is 1.20 bits per heavy atom. The van der Waals surface area contributed by atoms with Gasteiger partial charge in [0.2, 0.25) is 5.91 Å². The molecule has 1 atom stereocenters. The first kappa shape index (κ1) is 18.0. The van der Waals surface area contributed by atoms with Crippen LogP contribution in [0.2, 0.25) is 0 Å². The third-order valence-electron chi connectivity index (χ3n) is 3.56. The second-order valence-corrected chi connectivity index (χ2v) is 5.13. The number of nitro benzene ring substituents is 2. The van der Waals surface area contributed by atoms with Crippen LogP contribution in [0.25, 0.3) is 0 Å². The van der Waals surface area contributed by atoms with E-state index >= 15 is 0 Å². The molecule has 0 saturated carbocycles. The molecule has 0 radical (unpaired) electrons. The Hall–Kier alpha value is -3.37. The van der Waals surface area contributed by atoms with Crippen LogP contribution in [0, 0.1) is 20.2 Å². The van der Waals surface area contributed by atoms with Gasteiger partial charge in [0, 0.05) is 18.6 Å². The molecule has 0 N–H and O–H groups in total. The number of likely N-dealkylation sites (tertiary alicyclic amines) is 1. The van der Waals surface area contributed by atoms with Crippen molar-refractivity contribution in [2.45, 2.75) is 25.8 Å². The molecule has 132 valence electrons. The molecule has 0 aromatic heterocycles. The maximum Gasteiger partial charge on any atom is 0.329 e. The Morgan fingerprint density at radius 2 is 1.76 bits per heavy atom. The van der Waals surface area contributed by atoms with E-state index in [1.807, 2.05) is 0 Å². The third kappa shape index (κ3) is 3.59. The number of carbonyl (C=O) groups is 3. The van der Waals surface area contributed by atoms with Gasteiger partial charge in [-0.15, -0.1) is 0 Å². The number of rotatable bonds is 5. The molecule has 25 heavy (non-hydrogen) atoms. The van der Waals surface area contributed by atoms with E-state index in [-0.39, 0.29) is 19.4 Å². The molecule has 11 nitrogen and oxygen atoms in total. The van der Waals surface area contributed by atoms with Gasteiger partial charge in [0.05, 0.1) is 28.1 Å². The first-order valence-electron chi connectivity index (χ1n) is 7.23. The molecule has 2 amide bonds. The number of ether oxygens (including phenoxy) is 1. The van der Waals surface area contributed by atoms with Crippen LogP contribution in [0.3, 0.4) is 0 Å². The zero-order chi connectivity index (χ0) is 18.7. The highest BCUT2D eigenvalue weighted by Gasteiger charge is 2.42. The Labute approximate surface area is 140 Å². The summed E-state index contributed by atoms with van der Waals surface area (Å²) in [4.78, 5) is 57.1. The number of benzene rings is 1. The first-order chi connectivity index (χ1) is 11.8. The third-order valence-corrected chi connectivity index (χ3v) is 3.56. The zero-order valence-electron chi connectivity index (χ0n) is 13.0. The summed E-state index contributed by atoms with van der Waals surface area (Å²) in [5.41, 5.74) is -1.76. The minimum absolute atomic E-state index is 0.0494. The average molecular weight is 351 g/mol. The summed E-state index contributed by atoms with van der Waals surface area (Å²) >= 11 is 0. The minimum atomic E-state index is -1.15. The van der Waals surface area contributed by atoms with Crippen molar-refractivity contribution in [3.05, 3.63) is 44.0 Å². The van der Waals surface area contributed by atoms with Crippen LogP contribution in [0.4, 0.5) is 11.4 Å². The summed E-state index contributed by atoms with van der Waals surface area (Å²) in [7, 11) is 0. The number of carbonyl (C=O) groups excluding carboxylic acids is 3. The molecule has 1 fully saturated rings. The number of amides is 2. The summed E-state index contributed by atoms with van der Waals surface area (Å²) < 4.78 is 4.81. The van der Waals surface area contributed by atoms with Crippen LogP contribution in [0.15, 0.2) is 18.2 Å². The lowest BCUT2D eigenvalue weighted by molar-refractivity contribution is -0.394. The SMILES string of the molecule is CCOC(=O)C1CCC(=O)N1C(=O)c1cc([N+](=O)[O-])cc([N+](=O)[O-])c1. The number of hydrogen-bond donors (Lipinski definition) is 0. The highest BCUT2D eigenvalue weighted by molar-refractivity contribution is 6.09. The van der Waals surface area contributed by atoms with Gasteiger partial charge >= 0.3 is 5.97 Å². The molecule has 1 saturated heterocycles. The van der Waals surface area contributed by atoms with E-state index in [1.165, 1.54) is 0 Å². The second kappa shape index (κ2) is 7.03. The number of non-ortho nitro benzene ring substituents is 2. The molecule has 0 aliphatic carbocycles. The predicted molar refractivity (Wildman–Crippen MR) is 80.6 cm³/mol. The Balaban J connectivity index is 2.44. The molecule has 1 unspecified atom stereocenters. The van der Waals surface area contributed by atoms with Crippen LogP contribution in [0.1, 0.15) is 30.1 Å². The maximum atomic E-state index is 12.6. The van der Waals surface area contributed by atoms with Crippen molar-refractivity contribution in [1.82, 2.24) is 4.90 Å². The Morgan fingerprint density at radius 3 is 2.24 bits per heavy atom. The topological polar surface area (TPSA) is 150 Å². The van der Waals surface area contributed by atoms with Crippen molar-refractivity contribution in [1.29, 1.82) is 0 Å². The van der Waals surface area contributed by atoms with Crippen molar-refractivity contribution in [2.24, 2.45) is 0 Å². The monoisotopic (exact) mass is 351 g/mol. The van der Waals surface area contributed by atoms with Gasteiger partial charge in [0.25, 0.3) is 17.3 Å². The van der Waals surface area contributed by atoms with Crippen molar-refractivity contribution >= 4 is 29.2 Å². The van der Waals surface area contributed by atoms with Crippen LogP contribution in [-0.2, 0) is 14.3 Å². The van der Waals surface area contributed by atoms with E-state index < -0.39 is 50.6 Å². The number of nitro groups is 2. The molecule has 11 heteroatoms. The fourth-order valence-corrected chi connectivity index (χ4v) is 2.47. The fraction of sp³-hybridized carbons (Fsp3) is 0.357. The van der Waals surface area contributed by atoms with Gasteiger partial charge < -0.3 is 4.74 Å². The van der Waals surface area contributed by atoms with Crippen LogP contribution < -0.4 is 0 Å². The Kier molecular flexibility index (Phi) is 5.05. The van der Waals surface area contributed by atoms with Gasteiger partial charge in [-0.25, -0.2) is 4.79 Å². The Bertz CT molecular complexity index is 743. The molecule has 1 aliphatic heterocycles. The van der Waals surface area contributed by atoms with Gasteiger partial charge in [0.1, 0.15) is 6.04 Å². The molecule has 1 aromatic rings. The van der Waals surface area contributed by atoms with Crippen molar-refractivity contribution in [2.75, 3.05) is 6.61 Å². The molecule has 2 rings (SSSR count). The predicted octanol–water partition coefficient (Wildman–Crippen LogP) is 1.20. The fourth-order valence-electron chi connectivity index (χ4n) is 2.47. The molecule has 1 heterocycles. The first-order valence-corrected chi connectivity index (χ1v) is 7.23. The van der Waals surface area contributed by atoms with Crippen LogP contribution in [-0.4, -0.2) is 45.2 Å².